The molecule has 0 fully saturated rings. The molecule has 0 amide bonds. The van der Waals surface area contributed by atoms with Crippen molar-refractivity contribution in [1.29, 1.82) is 0 Å². The van der Waals surface area contributed by atoms with Gasteiger partial charge in [0.1, 0.15) is 11.2 Å². The van der Waals surface area contributed by atoms with Crippen LogP contribution in [-0.4, -0.2) is 0 Å². The third kappa shape index (κ3) is 6.29. The number of benzene rings is 10. The Labute approximate surface area is 392 Å². The van der Waals surface area contributed by atoms with Crippen molar-refractivity contribution in [3.8, 4) is 33.4 Å². The lowest BCUT2D eigenvalue weighted by molar-refractivity contribution is 0.652. The number of furan rings is 1. The first-order valence-electron chi connectivity index (χ1n) is 23.8. The van der Waals surface area contributed by atoms with Crippen molar-refractivity contribution in [2.75, 3.05) is 0 Å². The number of hydrogen-bond acceptors (Lipinski definition) is 1. The Hall–Kier alpha value is -8.00. The Kier molecular flexibility index (Phi) is 9.32. The molecule has 0 radical (unpaired) electrons. The van der Waals surface area contributed by atoms with Crippen LogP contribution < -0.4 is 0 Å². The van der Waals surface area contributed by atoms with Gasteiger partial charge >= 0.3 is 0 Å². The van der Waals surface area contributed by atoms with Crippen LogP contribution in [0.15, 0.2) is 247 Å². The molecule has 0 spiro atoms. The number of rotatable bonds is 8. The second-order valence-corrected chi connectivity index (χ2v) is 18.6. The van der Waals surface area contributed by atoms with Gasteiger partial charge in [-0.1, -0.05) is 225 Å². The molecule has 1 heteroatoms. The van der Waals surface area contributed by atoms with Gasteiger partial charge in [0.2, 0.25) is 0 Å². The summed E-state index contributed by atoms with van der Waals surface area (Å²) >= 11 is 0. The fourth-order valence-corrected chi connectivity index (χ4v) is 12.0. The van der Waals surface area contributed by atoms with Gasteiger partial charge in [-0.3, -0.25) is 0 Å². The van der Waals surface area contributed by atoms with Crippen molar-refractivity contribution < 1.29 is 4.42 Å². The van der Waals surface area contributed by atoms with Crippen LogP contribution in [-0.2, 0) is 5.41 Å². The van der Waals surface area contributed by atoms with Crippen molar-refractivity contribution in [2.24, 2.45) is 0 Å². The Morgan fingerprint density at radius 1 is 0.448 bits per heavy atom. The monoisotopic (exact) mass is 856 g/mol. The van der Waals surface area contributed by atoms with E-state index in [0.29, 0.717) is 0 Å². The molecule has 318 valence electrons. The van der Waals surface area contributed by atoms with Gasteiger partial charge < -0.3 is 4.42 Å². The molecule has 3 atom stereocenters. The fraction of sp³-hybridized carbons (Fsp3) is 0.0909. The van der Waals surface area contributed by atoms with Crippen LogP contribution in [0.2, 0.25) is 0 Å². The molecule has 67 heavy (non-hydrogen) atoms. The molecular weight excluding hydrogens is 809 g/mol. The van der Waals surface area contributed by atoms with Crippen LogP contribution in [0.5, 0.6) is 0 Å². The van der Waals surface area contributed by atoms with E-state index in [1.54, 1.807) is 0 Å². The van der Waals surface area contributed by atoms with E-state index in [9.17, 15) is 0 Å². The van der Waals surface area contributed by atoms with Crippen LogP contribution >= 0.6 is 0 Å². The van der Waals surface area contributed by atoms with Gasteiger partial charge in [-0.2, -0.15) is 0 Å². The van der Waals surface area contributed by atoms with Crippen molar-refractivity contribution in [2.45, 2.75) is 37.0 Å². The second kappa shape index (κ2) is 15.9. The SMILES string of the molecule is CC(c1ccccc1-c1ccc2oc3cc4ccccc4cc3c2c1)C(c1cccc(-c2cccc3ccccc23)c1)c1ccc2c(c1)C(C1=CC=CCC1)(c1ccccc1)c1ccccc1-2. The summed E-state index contributed by atoms with van der Waals surface area (Å²) in [6, 6.07) is 81.7. The zero-order valence-corrected chi connectivity index (χ0v) is 37.5. The maximum atomic E-state index is 6.50. The highest BCUT2D eigenvalue weighted by Crippen LogP contribution is 2.58. The van der Waals surface area contributed by atoms with Gasteiger partial charge in [-0.05, 0) is 131 Å². The predicted octanol–water partition coefficient (Wildman–Crippen LogP) is 17.8. The fourth-order valence-electron chi connectivity index (χ4n) is 12.0. The van der Waals surface area contributed by atoms with Crippen LogP contribution in [0.3, 0.4) is 0 Å². The van der Waals surface area contributed by atoms with Crippen molar-refractivity contribution in [3.05, 3.63) is 276 Å². The quantitative estimate of drug-likeness (QED) is 0.148. The smallest absolute Gasteiger partial charge is 0.136 e. The predicted molar refractivity (Wildman–Crippen MR) is 281 cm³/mol. The minimum Gasteiger partial charge on any atom is -0.456 e. The van der Waals surface area contributed by atoms with Crippen LogP contribution in [0.25, 0.3) is 76.9 Å². The first-order chi connectivity index (χ1) is 33.1. The summed E-state index contributed by atoms with van der Waals surface area (Å²) in [7, 11) is 0. The van der Waals surface area contributed by atoms with Crippen molar-refractivity contribution >= 4 is 43.5 Å². The highest BCUT2D eigenvalue weighted by Gasteiger charge is 2.47. The lowest BCUT2D eigenvalue weighted by Crippen LogP contribution is -2.30. The Balaban J connectivity index is 1.02. The molecule has 0 N–H and O–H groups in total. The zero-order chi connectivity index (χ0) is 44.5. The summed E-state index contributed by atoms with van der Waals surface area (Å²) in [5.74, 6) is 0.105. The maximum absolute atomic E-state index is 6.50. The van der Waals surface area contributed by atoms with E-state index < -0.39 is 5.41 Å². The first-order valence-corrected chi connectivity index (χ1v) is 23.8. The van der Waals surface area contributed by atoms with Gasteiger partial charge in [-0.15, -0.1) is 0 Å². The summed E-state index contributed by atoms with van der Waals surface area (Å²) in [5.41, 5.74) is 18.4. The van der Waals surface area contributed by atoms with Gasteiger partial charge in [-0.25, -0.2) is 0 Å². The van der Waals surface area contributed by atoms with E-state index in [1.807, 2.05) is 0 Å². The van der Waals surface area contributed by atoms with E-state index in [4.69, 9.17) is 4.42 Å². The molecule has 2 aliphatic rings. The number of allylic oxidation sites excluding steroid dienone is 4. The maximum Gasteiger partial charge on any atom is 0.136 e. The normalized spacial score (nSPS) is 16.3. The van der Waals surface area contributed by atoms with E-state index in [1.165, 1.54) is 93.9 Å². The summed E-state index contributed by atoms with van der Waals surface area (Å²) in [6.07, 6.45) is 9.04. The summed E-state index contributed by atoms with van der Waals surface area (Å²) in [5, 5.41) is 7.21. The molecule has 1 heterocycles. The summed E-state index contributed by atoms with van der Waals surface area (Å²) < 4.78 is 6.50. The molecule has 0 bridgehead atoms. The highest BCUT2D eigenvalue weighted by atomic mass is 16.3. The molecule has 11 aromatic rings. The van der Waals surface area contributed by atoms with Gasteiger partial charge in [0.05, 0.1) is 5.41 Å². The lowest BCUT2D eigenvalue weighted by Gasteiger charge is -2.37. The van der Waals surface area contributed by atoms with Crippen molar-refractivity contribution in [1.82, 2.24) is 0 Å². The van der Waals surface area contributed by atoms with Gasteiger partial charge in [0.15, 0.2) is 0 Å². The van der Waals surface area contributed by atoms with E-state index in [0.717, 1.165) is 34.8 Å². The van der Waals surface area contributed by atoms with E-state index in [2.05, 4.69) is 244 Å². The van der Waals surface area contributed by atoms with Crippen LogP contribution in [0.4, 0.5) is 0 Å². The standard InChI is InChI=1S/C66H48O/c1-43(53-28-12-13-30-55(53)48-35-37-63-59(40-48)60-39-45-19-8-9-20-46(45)42-64(60)67-63)65(49-23-16-22-47(38-49)56-32-17-21-44-18-10-11-29-54(44)56)50-34-36-58-57-31-14-15-33-61(57)66(62(58)41-50,51-24-4-2-5-25-51)52-26-6-3-7-27-52/h2-6,8-26,28-43,65H,7,27H2,1H3. The topological polar surface area (TPSA) is 13.1 Å². The molecule has 3 unspecified atom stereocenters. The molecule has 0 aliphatic heterocycles. The van der Waals surface area contributed by atoms with E-state index >= 15 is 0 Å². The first kappa shape index (κ1) is 39.4. The van der Waals surface area contributed by atoms with Crippen molar-refractivity contribution in [3.63, 3.8) is 0 Å². The molecular formula is C66H48O. The third-order valence-electron chi connectivity index (χ3n) is 15.1. The largest absolute Gasteiger partial charge is 0.456 e. The van der Waals surface area contributed by atoms with Crippen LogP contribution in [0.1, 0.15) is 65.0 Å². The lowest BCUT2D eigenvalue weighted by atomic mass is 9.64. The van der Waals surface area contributed by atoms with Crippen LogP contribution in [0, 0.1) is 0 Å². The molecule has 10 aromatic carbocycles. The third-order valence-corrected chi connectivity index (χ3v) is 15.1. The zero-order valence-electron chi connectivity index (χ0n) is 37.5. The summed E-state index contributed by atoms with van der Waals surface area (Å²) in [6.45, 7) is 2.45. The molecule has 1 aromatic heterocycles. The second-order valence-electron chi connectivity index (χ2n) is 18.6. The minimum absolute atomic E-state index is 0.0173. The van der Waals surface area contributed by atoms with Gasteiger partial charge in [0, 0.05) is 16.7 Å². The average molecular weight is 857 g/mol. The molecule has 0 saturated heterocycles. The van der Waals surface area contributed by atoms with Gasteiger partial charge in [0.25, 0.3) is 0 Å². The molecule has 0 saturated carbocycles. The highest BCUT2D eigenvalue weighted by molar-refractivity contribution is 6.11. The van der Waals surface area contributed by atoms with E-state index in [-0.39, 0.29) is 11.8 Å². The Bertz CT molecular complexity index is 3780. The Morgan fingerprint density at radius 2 is 1.12 bits per heavy atom. The number of fused-ring (bicyclic) bond motifs is 8. The molecule has 13 rings (SSSR count). The Morgan fingerprint density at radius 3 is 1.99 bits per heavy atom. The molecule has 2 aliphatic carbocycles. The summed E-state index contributed by atoms with van der Waals surface area (Å²) in [4.78, 5) is 0. The molecule has 1 nitrogen and oxygen atoms in total. The number of hydrogen-bond donors (Lipinski definition) is 0. The minimum atomic E-state index is -0.418. The average Bonchev–Trinajstić information content (AvgIpc) is 3.90.